The molecule has 0 aromatic heterocycles. The largest absolute Gasteiger partial charge is 0.293 e. The molecule has 13 heavy (non-hydrogen) atoms. The summed E-state index contributed by atoms with van der Waals surface area (Å²) in [7, 11) is 0. The molecule has 0 saturated heterocycles. The molecule has 1 aromatic rings. The van der Waals surface area contributed by atoms with E-state index < -0.39 is 0 Å². The van der Waals surface area contributed by atoms with E-state index >= 15 is 0 Å². The Kier molecular flexibility index (Phi) is 4.92. The van der Waals surface area contributed by atoms with Gasteiger partial charge in [0.05, 0.1) is 0 Å². The third-order valence-corrected chi connectivity index (χ3v) is 1.93. The molecule has 1 rings (SSSR count). The normalized spacial score (nSPS) is 10.8. The quantitative estimate of drug-likeness (QED) is 0.481. The average molecular weight is 175 g/mol. The third-order valence-electron chi connectivity index (χ3n) is 1.93. The maximum Gasteiger partial charge on any atom is 0.0389 e. The van der Waals surface area contributed by atoms with Crippen LogP contribution in [0.3, 0.4) is 0 Å². The first-order chi connectivity index (χ1) is 6.43. The van der Waals surface area contributed by atoms with Gasteiger partial charge in [0.1, 0.15) is 0 Å². The SMILES string of the molecule is CCCCCN=Cc1ccccc1. The Morgan fingerprint density at radius 3 is 2.62 bits per heavy atom. The Morgan fingerprint density at radius 1 is 1.15 bits per heavy atom. The van der Waals surface area contributed by atoms with Gasteiger partial charge in [0, 0.05) is 12.8 Å². The van der Waals surface area contributed by atoms with E-state index in [0.717, 1.165) is 6.54 Å². The average Bonchev–Trinajstić information content (AvgIpc) is 2.19. The molecule has 1 aromatic carbocycles. The highest BCUT2D eigenvalue weighted by molar-refractivity contribution is 5.79. The summed E-state index contributed by atoms with van der Waals surface area (Å²) in [6.07, 6.45) is 5.71. The third kappa shape index (κ3) is 4.46. The molecular weight excluding hydrogens is 158 g/mol. The lowest BCUT2D eigenvalue weighted by atomic mass is 10.2. The first-order valence-electron chi connectivity index (χ1n) is 4.98. The lowest BCUT2D eigenvalue weighted by Gasteiger charge is -1.93. The van der Waals surface area contributed by atoms with Gasteiger partial charge >= 0.3 is 0 Å². The molecule has 1 nitrogen and oxygen atoms in total. The van der Waals surface area contributed by atoms with E-state index in [1.807, 2.05) is 24.4 Å². The first kappa shape index (κ1) is 9.97. The first-order valence-corrected chi connectivity index (χ1v) is 4.98. The molecule has 0 radical (unpaired) electrons. The van der Waals surface area contributed by atoms with E-state index in [2.05, 4.69) is 24.0 Å². The van der Waals surface area contributed by atoms with Crippen molar-refractivity contribution in [3.63, 3.8) is 0 Å². The molecule has 0 fully saturated rings. The summed E-state index contributed by atoms with van der Waals surface area (Å²) in [5, 5.41) is 0. The number of aliphatic imine (C=N–C) groups is 1. The van der Waals surface area contributed by atoms with Crippen LogP contribution in [-0.4, -0.2) is 12.8 Å². The van der Waals surface area contributed by atoms with Crippen LogP contribution in [0.1, 0.15) is 31.7 Å². The fourth-order valence-corrected chi connectivity index (χ4v) is 1.16. The highest BCUT2D eigenvalue weighted by atomic mass is 14.7. The molecule has 0 amide bonds. The number of rotatable bonds is 5. The summed E-state index contributed by atoms with van der Waals surface area (Å²) < 4.78 is 0. The number of nitrogens with zero attached hydrogens (tertiary/aromatic N) is 1. The molecule has 0 bridgehead atoms. The fourth-order valence-electron chi connectivity index (χ4n) is 1.16. The van der Waals surface area contributed by atoms with Crippen LogP contribution in [0.2, 0.25) is 0 Å². The summed E-state index contributed by atoms with van der Waals surface area (Å²) in [6, 6.07) is 10.2. The monoisotopic (exact) mass is 175 g/mol. The van der Waals surface area contributed by atoms with Crippen LogP contribution in [0, 0.1) is 0 Å². The fraction of sp³-hybridized carbons (Fsp3) is 0.417. The molecule has 1 heteroatoms. The van der Waals surface area contributed by atoms with Crippen molar-refractivity contribution >= 4 is 6.21 Å². The van der Waals surface area contributed by atoms with Crippen molar-refractivity contribution in [1.29, 1.82) is 0 Å². The van der Waals surface area contributed by atoms with Gasteiger partial charge in [-0.05, 0) is 12.0 Å². The lowest BCUT2D eigenvalue weighted by Crippen LogP contribution is -1.84. The molecule has 0 spiro atoms. The summed E-state index contributed by atoms with van der Waals surface area (Å²) in [5.41, 5.74) is 1.19. The molecule has 0 unspecified atom stereocenters. The Bertz CT molecular complexity index is 239. The predicted molar refractivity (Wildman–Crippen MR) is 58.4 cm³/mol. The van der Waals surface area contributed by atoms with Gasteiger partial charge in [0.15, 0.2) is 0 Å². The predicted octanol–water partition coefficient (Wildman–Crippen LogP) is 3.30. The number of hydrogen-bond donors (Lipinski definition) is 0. The van der Waals surface area contributed by atoms with Crippen molar-refractivity contribution in [3.05, 3.63) is 35.9 Å². The molecule has 0 aliphatic rings. The standard InChI is InChI=1S/C12H17N/c1-2-3-7-10-13-11-12-8-5-4-6-9-12/h4-6,8-9,11H,2-3,7,10H2,1H3. The number of benzene rings is 1. The summed E-state index contributed by atoms with van der Waals surface area (Å²) in [5.74, 6) is 0. The Hall–Kier alpha value is -1.11. The lowest BCUT2D eigenvalue weighted by molar-refractivity contribution is 0.729. The van der Waals surface area contributed by atoms with Crippen molar-refractivity contribution in [3.8, 4) is 0 Å². The van der Waals surface area contributed by atoms with Gasteiger partial charge in [-0.25, -0.2) is 0 Å². The Labute approximate surface area is 80.5 Å². The molecular formula is C12H17N. The van der Waals surface area contributed by atoms with Gasteiger partial charge in [-0.3, -0.25) is 4.99 Å². The zero-order chi connectivity index (χ0) is 9.36. The molecule has 0 N–H and O–H groups in total. The second-order valence-corrected chi connectivity index (χ2v) is 3.15. The van der Waals surface area contributed by atoms with Crippen LogP contribution in [0.4, 0.5) is 0 Å². The minimum Gasteiger partial charge on any atom is -0.293 e. The van der Waals surface area contributed by atoms with E-state index in [1.165, 1.54) is 24.8 Å². The van der Waals surface area contributed by atoms with Crippen LogP contribution in [0.15, 0.2) is 35.3 Å². The zero-order valence-corrected chi connectivity index (χ0v) is 8.24. The van der Waals surface area contributed by atoms with Crippen LogP contribution in [0.5, 0.6) is 0 Å². The van der Waals surface area contributed by atoms with Crippen molar-refractivity contribution in [2.45, 2.75) is 26.2 Å². The summed E-state index contributed by atoms with van der Waals surface area (Å²) in [4.78, 5) is 4.35. The van der Waals surface area contributed by atoms with Crippen LogP contribution in [-0.2, 0) is 0 Å². The van der Waals surface area contributed by atoms with E-state index in [0.29, 0.717) is 0 Å². The summed E-state index contributed by atoms with van der Waals surface area (Å²) in [6.45, 7) is 3.17. The van der Waals surface area contributed by atoms with Crippen molar-refractivity contribution in [2.75, 3.05) is 6.54 Å². The van der Waals surface area contributed by atoms with E-state index in [1.54, 1.807) is 0 Å². The highest BCUT2D eigenvalue weighted by Gasteiger charge is 1.84. The second kappa shape index (κ2) is 6.41. The zero-order valence-electron chi connectivity index (χ0n) is 8.24. The van der Waals surface area contributed by atoms with Gasteiger partial charge in [0.25, 0.3) is 0 Å². The highest BCUT2D eigenvalue weighted by Crippen LogP contribution is 1.96. The summed E-state index contributed by atoms with van der Waals surface area (Å²) >= 11 is 0. The van der Waals surface area contributed by atoms with Crippen molar-refractivity contribution in [2.24, 2.45) is 4.99 Å². The molecule has 0 atom stereocenters. The van der Waals surface area contributed by atoms with Crippen molar-refractivity contribution < 1.29 is 0 Å². The second-order valence-electron chi connectivity index (χ2n) is 3.15. The molecule has 0 heterocycles. The van der Waals surface area contributed by atoms with E-state index in [-0.39, 0.29) is 0 Å². The van der Waals surface area contributed by atoms with Crippen LogP contribution in [0.25, 0.3) is 0 Å². The minimum absolute atomic E-state index is 0.961. The van der Waals surface area contributed by atoms with Gasteiger partial charge in [-0.1, -0.05) is 50.1 Å². The van der Waals surface area contributed by atoms with Gasteiger partial charge < -0.3 is 0 Å². The molecule has 0 saturated carbocycles. The molecule has 0 aliphatic carbocycles. The van der Waals surface area contributed by atoms with E-state index in [4.69, 9.17) is 0 Å². The Balaban J connectivity index is 2.25. The van der Waals surface area contributed by atoms with Gasteiger partial charge in [0.2, 0.25) is 0 Å². The number of unbranched alkanes of at least 4 members (excludes halogenated alkanes) is 2. The topological polar surface area (TPSA) is 12.4 Å². The molecule has 70 valence electrons. The van der Waals surface area contributed by atoms with Gasteiger partial charge in [-0.15, -0.1) is 0 Å². The van der Waals surface area contributed by atoms with Gasteiger partial charge in [-0.2, -0.15) is 0 Å². The maximum absolute atomic E-state index is 4.35. The van der Waals surface area contributed by atoms with Crippen LogP contribution < -0.4 is 0 Å². The van der Waals surface area contributed by atoms with Crippen molar-refractivity contribution in [1.82, 2.24) is 0 Å². The van der Waals surface area contributed by atoms with Crippen LogP contribution >= 0.6 is 0 Å². The van der Waals surface area contributed by atoms with E-state index in [9.17, 15) is 0 Å². The Morgan fingerprint density at radius 2 is 1.92 bits per heavy atom. The minimum atomic E-state index is 0.961. The number of hydrogen-bond acceptors (Lipinski definition) is 1. The smallest absolute Gasteiger partial charge is 0.0389 e. The maximum atomic E-state index is 4.35. The molecule has 0 aliphatic heterocycles.